The van der Waals surface area contributed by atoms with Crippen LogP contribution in [-0.2, 0) is 24.9 Å². The summed E-state index contributed by atoms with van der Waals surface area (Å²) in [5, 5.41) is 0.923. The van der Waals surface area contributed by atoms with Gasteiger partial charge in [0.2, 0.25) is 0 Å². The highest BCUT2D eigenvalue weighted by atomic mass is 16.5. The standard InChI is InChI=1S/C23H28N4O3/c1-6-29-23(28)21-19(13-25(2)3)27(5)18-11-16(15-7-9-24-10-8-15)22-17(20(18)21)12-26(4)14-30-22/h7-11H,6,12-14H2,1-5H3. The first-order chi connectivity index (χ1) is 14.4. The van der Waals surface area contributed by atoms with E-state index in [0.29, 0.717) is 32.0 Å². The van der Waals surface area contributed by atoms with E-state index in [4.69, 9.17) is 9.47 Å². The van der Waals surface area contributed by atoms with Crippen LogP contribution in [0.25, 0.3) is 22.0 Å². The molecule has 0 aliphatic carbocycles. The number of aromatic nitrogens is 2. The molecular weight excluding hydrogens is 380 g/mol. The number of nitrogens with zero attached hydrogens (tertiary/aromatic N) is 4. The lowest BCUT2D eigenvalue weighted by molar-refractivity contribution is 0.0526. The maximum absolute atomic E-state index is 13.1. The number of ether oxygens (including phenoxy) is 2. The number of benzene rings is 1. The van der Waals surface area contributed by atoms with Gasteiger partial charge >= 0.3 is 5.97 Å². The summed E-state index contributed by atoms with van der Waals surface area (Å²) in [5.74, 6) is 0.548. The Morgan fingerprint density at radius 3 is 2.67 bits per heavy atom. The Morgan fingerprint density at radius 2 is 2.00 bits per heavy atom. The zero-order chi connectivity index (χ0) is 21.4. The van der Waals surface area contributed by atoms with Crippen molar-refractivity contribution in [2.75, 3.05) is 34.5 Å². The van der Waals surface area contributed by atoms with Crippen LogP contribution >= 0.6 is 0 Å². The van der Waals surface area contributed by atoms with Crippen molar-refractivity contribution in [2.45, 2.75) is 20.0 Å². The summed E-state index contributed by atoms with van der Waals surface area (Å²) in [7, 11) is 8.03. The topological polar surface area (TPSA) is 59.8 Å². The largest absolute Gasteiger partial charge is 0.477 e. The van der Waals surface area contributed by atoms with E-state index in [1.807, 2.05) is 47.2 Å². The number of pyridine rings is 1. The molecule has 0 N–H and O–H groups in total. The highest BCUT2D eigenvalue weighted by Crippen LogP contribution is 2.43. The Labute approximate surface area is 176 Å². The molecule has 0 saturated carbocycles. The molecule has 1 aliphatic heterocycles. The summed E-state index contributed by atoms with van der Waals surface area (Å²) in [6.07, 6.45) is 3.57. The minimum absolute atomic E-state index is 0.285. The molecule has 4 rings (SSSR count). The van der Waals surface area contributed by atoms with Crippen LogP contribution in [0.3, 0.4) is 0 Å². The van der Waals surface area contributed by atoms with Crippen LogP contribution in [0.15, 0.2) is 30.6 Å². The summed E-state index contributed by atoms with van der Waals surface area (Å²) in [6, 6.07) is 6.09. The molecule has 0 bridgehead atoms. The van der Waals surface area contributed by atoms with Crippen LogP contribution in [0, 0.1) is 0 Å². The van der Waals surface area contributed by atoms with E-state index < -0.39 is 0 Å². The average molecular weight is 409 g/mol. The molecule has 0 atom stereocenters. The first-order valence-electron chi connectivity index (χ1n) is 10.1. The minimum Gasteiger partial charge on any atom is -0.477 e. The van der Waals surface area contributed by atoms with Gasteiger partial charge in [0.1, 0.15) is 12.5 Å². The van der Waals surface area contributed by atoms with Crippen LogP contribution in [0.1, 0.15) is 28.5 Å². The van der Waals surface area contributed by atoms with Crippen molar-refractivity contribution in [1.82, 2.24) is 19.4 Å². The molecule has 0 fully saturated rings. The molecule has 1 aromatic carbocycles. The molecule has 2 aromatic heterocycles. The van der Waals surface area contributed by atoms with Crippen LogP contribution in [0.4, 0.5) is 0 Å². The number of carbonyl (C=O) groups is 1. The third-order valence-electron chi connectivity index (χ3n) is 5.46. The highest BCUT2D eigenvalue weighted by Gasteiger charge is 2.30. The van der Waals surface area contributed by atoms with Gasteiger partial charge in [-0.25, -0.2) is 4.79 Å². The van der Waals surface area contributed by atoms with E-state index in [1.54, 1.807) is 12.4 Å². The number of esters is 1. The molecule has 0 spiro atoms. The summed E-state index contributed by atoms with van der Waals surface area (Å²) in [5.41, 5.74) is 5.66. The third-order valence-corrected chi connectivity index (χ3v) is 5.46. The van der Waals surface area contributed by atoms with E-state index in [2.05, 4.69) is 25.4 Å². The zero-order valence-electron chi connectivity index (χ0n) is 18.2. The van der Waals surface area contributed by atoms with E-state index in [1.165, 1.54) is 0 Å². The lowest BCUT2D eigenvalue weighted by atomic mass is 9.95. The summed E-state index contributed by atoms with van der Waals surface area (Å²) < 4.78 is 13.8. The van der Waals surface area contributed by atoms with Crippen molar-refractivity contribution in [3.8, 4) is 16.9 Å². The molecular formula is C23H28N4O3. The predicted octanol–water partition coefficient (Wildman–Crippen LogP) is 3.26. The number of fused-ring (bicyclic) bond motifs is 3. The molecule has 158 valence electrons. The molecule has 1 aliphatic rings. The van der Waals surface area contributed by atoms with Crippen molar-refractivity contribution in [2.24, 2.45) is 7.05 Å². The number of aryl methyl sites for hydroxylation is 1. The Morgan fingerprint density at radius 1 is 1.27 bits per heavy atom. The molecule has 0 radical (unpaired) electrons. The van der Waals surface area contributed by atoms with E-state index >= 15 is 0 Å². The third kappa shape index (κ3) is 3.44. The Kier molecular flexibility index (Phi) is 5.49. The van der Waals surface area contributed by atoms with Crippen molar-refractivity contribution >= 4 is 16.9 Å². The van der Waals surface area contributed by atoms with Gasteiger partial charge in [-0.2, -0.15) is 0 Å². The summed E-state index contributed by atoms with van der Waals surface area (Å²) in [6.45, 7) is 4.01. The zero-order valence-corrected chi connectivity index (χ0v) is 18.2. The van der Waals surface area contributed by atoms with Crippen molar-refractivity contribution in [1.29, 1.82) is 0 Å². The highest BCUT2D eigenvalue weighted by molar-refractivity contribution is 6.09. The molecule has 30 heavy (non-hydrogen) atoms. The van der Waals surface area contributed by atoms with Crippen molar-refractivity contribution < 1.29 is 14.3 Å². The summed E-state index contributed by atoms with van der Waals surface area (Å²) in [4.78, 5) is 21.4. The molecule has 0 unspecified atom stereocenters. The van der Waals surface area contributed by atoms with Gasteiger partial charge in [-0.05, 0) is 51.8 Å². The number of hydrogen-bond acceptors (Lipinski definition) is 6. The van der Waals surface area contributed by atoms with Gasteiger partial charge in [0.05, 0.1) is 17.7 Å². The number of rotatable bonds is 5. The fraction of sp³-hybridized carbons (Fsp3) is 0.391. The summed E-state index contributed by atoms with van der Waals surface area (Å²) >= 11 is 0. The van der Waals surface area contributed by atoms with E-state index in [-0.39, 0.29) is 5.97 Å². The van der Waals surface area contributed by atoms with Gasteiger partial charge in [0.15, 0.2) is 0 Å². The minimum atomic E-state index is -0.285. The predicted molar refractivity (Wildman–Crippen MR) is 116 cm³/mol. The van der Waals surface area contributed by atoms with Gasteiger partial charge in [-0.15, -0.1) is 0 Å². The number of hydrogen-bond donors (Lipinski definition) is 0. The van der Waals surface area contributed by atoms with Crippen molar-refractivity contribution in [3.05, 3.63) is 47.4 Å². The lowest BCUT2D eigenvalue weighted by Gasteiger charge is -2.28. The maximum Gasteiger partial charge on any atom is 0.340 e. The maximum atomic E-state index is 13.1. The first-order valence-corrected chi connectivity index (χ1v) is 10.1. The van der Waals surface area contributed by atoms with Gasteiger partial charge in [-0.1, -0.05) is 0 Å². The normalized spacial score (nSPS) is 14.1. The fourth-order valence-electron chi connectivity index (χ4n) is 4.17. The van der Waals surface area contributed by atoms with E-state index in [0.717, 1.165) is 39.0 Å². The lowest BCUT2D eigenvalue weighted by Crippen LogP contribution is -2.28. The van der Waals surface area contributed by atoms with Crippen LogP contribution in [0.2, 0.25) is 0 Å². The van der Waals surface area contributed by atoms with Crippen molar-refractivity contribution in [3.63, 3.8) is 0 Å². The second-order valence-corrected chi connectivity index (χ2v) is 7.99. The second-order valence-electron chi connectivity index (χ2n) is 7.99. The van der Waals surface area contributed by atoms with Gasteiger partial charge < -0.3 is 18.9 Å². The molecule has 7 heteroatoms. The van der Waals surface area contributed by atoms with Gasteiger partial charge in [0.25, 0.3) is 0 Å². The molecule has 3 aromatic rings. The Balaban J connectivity index is 2.08. The molecule has 7 nitrogen and oxygen atoms in total. The van der Waals surface area contributed by atoms with Crippen LogP contribution < -0.4 is 4.74 Å². The number of carbonyl (C=O) groups excluding carboxylic acids is 1. The SMILES string of the molecule is CCOC(=O)c1c(CN(C)C)n(C)c2cc(-c3ccncc3)c3c(c12)CN(C)CO3. The fourth-order valence-corrected chi connectivity index (χ4v) is 4.17. The monoisotopic (exact) mass is 408 g/mol. The van der Waals surface area contributed by atoms with Crippen LogP contribution in [-0.4, -0.2) is 59.8 Å². The Bertz CT molecular complexity index is 1090. The smallest absolute Gasteiger partial charge is 0.340 e. The molecule has 3 heterocycles. The van der Waals surface area contributed by atoms with Gasteiger partial charge in [0, 0.05) is 54.7 Å². The molecule has 0 saturated heterocycles. The van der Waals surface area contributed by atoms with E-state index in [9.17, 15) is 4.79 Å². The van der Waals surface area contributed by atoms with Crippen LogP contribution in [0.5, 0.6) is 5.75 Å². The average Bonchev–Trinajstić information content (AvgIpc) is 3.00. The second kappa shape index (κ2) is 8.08. The molecule has 0 amide bonds. The quantitative estimate of drug-likeness (QED) is 0.604. The first kappa shape index (κ1) is 20.4. The van der Waals surface area contributed by atoms with Gasteiger partial charge in [-0.3, -0.25) is 9.88 Å². The Hall–Kier alpha value is -2.90.